The van der Waals surface area contributed by atoms with E-state index in [-0.39, 0.29) is 22.2 Å². The Kier molecular flexibility index (Phi) is 9.29. The van der Waals surface area contributed by atoms with Crippen molar-refractivity contribution in [3.63, 3.8) is 0 Å². The zero-order valence-corrected chi connectivity index (χ0v) is 23.8. The molecule has 9 heteroatoms. The molecule has 0 aliphatic rings. The standard InChI is InChI=1S/C30H30BrNO7/c1-20(31)19-30(28(34)39-29(2,3)4,24-18-23(37-5)16-17-25(24)32(35)36)27(33)38-26(21-12-8-6-9-13-21)22-14-10-7-11-15-22/h6-18,26H,1,19H2,2-5H3. The lowest BCUT2D eigenvalue weighted by atomic mass is 9.76. The molecule has 0 radical (unpaired) electrons. The second-order valence-corrected chi connectivity index (χ2v) is 11.0. The molecule has 3 rings (SSSR count). The summed E-state index contributed by atoms with van der Waals surface area (Å²) in [7, 11) is 1.38. The fourth-order valence-corrected chi connectivity index (χ4v) is 4.55. The summed E-state index contributed by atoms with van der Waals surface area (Å²) in [6.45, 7) is 8.76. The van der Waals surface area contributed by atoms with E-state index in [1.165, 1.54) is 25.3 Å². The molecule has 39 heavy (non-hydrogen) atoms. The van der Waals surface area contributed by atoms with Crippen LogP contribution in [0.25, 0.3) is 0 Å². The summed E-state index contributed by atoms with van der Waals surface area (Å²) >= 11 is 3.27. The van der Waals surface area contributed by atoms with Gasteiger partial charge in [-0.05, 0) is 48.5 Å². The Labute approximate surface area is 235 Å². The molecule has 0 bridgehead atoms. The largest absolute Gasteiger partial charge is 0.497 e. The fourth-order valence-electron chi connectivity index (χ4n) is 4.13. The third kappa shape index (κ3) is 6.92. The van der Waals surface area contributed by atoms with Crippen molar-refractivity contribution in [2.24, 2.45) is 0 Å². The molecule has 0 spiro atoms. The summed E-state index contributed by atoms with van der Waals surface area (Å²) in [5, 5.41) is 12.2. The summed E-state index contributed by atoms with van der Waals surface area (Å²) in [6.07, 6.45) is -1.29. The van der Waals surface area contributed by atoms with Crippen LogP contribution in [0.5, 0.6) is 5.75 Å². The molecule has 8 nitrogen and oxygen atoms in total. The molecule has 0 heterocycles. The van der Waals surface area contributed by atoms with Gasteiger partial charge in [-0.15, -0.1) is 0 Å². The first kappa shape index (κ1) is 29.6. The van der Waals surface area contributed by atoms with Gasteiger partial charge < -0.3 is 14.2 Å². The van der Waals surface area contributed by atoms with Crippen molar-refractivity contribution in [2.75, 3.05) is 7.11 Å². The molecule has 0 amide bonds. The summed E-state index contributed by atoms with van der Waals surface area (Å²) in [5.41, 5.74) is -2.73. The van der Waals surface area contributed by atoms with Gasteiger partial charge in [0.15, 0.2) is 6.10 Å². The fraction of sp³-hybridized carbons (Fsp3) is 0.267. The first-order chi connectivity index (χ1) is 18.4. The highest BCUT2D eigenvalue weighted by molar-refractivity contribution is 9.11. The van der Waals surface area contributed by atoms with E-state index >= 15 is 0 Å². The molecule has 3 aromatic carbocycles. The lowest BCUT2D eigenvalue weighted by Gasteiger charge is -2.34. The Morgan fingerprint density at radius 3 is 1.92 bits per heavy atom. The summed E-state index contributed by atoms with van der Waals surface area (Å²) in [6, 6.07) is 21.9. The van der Waals surface area contributed by atoms with Crippen LogP contribution in [-0.2, 0) is 24.5 Å². The predicted octanol–water partition coefficient (Wildman–Crippen LogP) is 6.81. The highest BCUT2D eigenvalue weighted by Crippen LogP contribution is 2.44. The number of ether oxygens (including phenoxy) is 3. The van der Waals surface area contributed by atoms with Crippen LogP contribution >= 0.6 is 15.9 Å². The van der Waals surface area contributed by atoms with Crippen molar-refractivity contribution in [1.82, 2.24) is 0 Å². The second-order valence-electron chi connectivity index (χ2n) is 9.85. The topological polar surface area (TPSA) is 105 Å². The molecule has 0 aromatic heterocycles. The Bertz CT molecular complexity index is 1310. The van der Waals surface area contributed by atoms with Gasteiger partial charge in [-0.1, -0.05) is 83.2 Å². The molecular formula is C30H30BrNO7. The number of hydrogen-bond acceptors (Lipinski definition) is 7. The number of benzene rings is 3. The summed E-state index contributed by atoms with van der Waals surface area (Å²) in [4.78, 5) is 40.0. The SMILES string of the molecule is C=C(Br)CC(C(=O)OC(c1ccccc1)c1ccccc1)(C(=O)OC(C)(C)C)c1cc(OC)ccc1[N+](=O)[O-]. The van der Waals surface area contributed by atoms with Crippen LogP contribution in [-0.4, -0.2) is 29.6 Å². The van der Waals surface area contributed by atoms with Gasteiger partial charge in [0.05, 0.1) is 17.6 Å². The van der Waals surface area contributed by atoms with Gasteiger partial charge in [0.1, 0.15) is 11.4 Å². The van der Waals surface area contributed by atoms with Gasteiger partial charge in [0.2, 0.25) is 5.41 Å². The Morgan fingerprint density at radius 2 is 1.49 bits per heavy atom. The van der Waals surface area contributed by atoms with Crippen molar-refractivity contribution >= 4 is 33.6 Å². The summed E-state index contributed by atoms with van der Waals surface area (Å²) < 4.78 is 17.4. The van der Waals surface area contributed by atoms with E-state index in [9.17, 15) is 19.7 Å². The highest BCUT2D eigenvalue weighted by atomic mass is 79.9. The van der Waals surface area contributed by atoms with Crippen LogP contribution in [0.15, 0.2) is 89.9 Å². The number of nitro benzene ring substituents is 1. The van der Waals surface area contributed by atoms with E-state index in [1.54, 1.807) is 69.3 Å². The molecule has 0 fully saturated rings. The number of carbonyl (C=O) groups excluding carboxylic acids is 2. The number of methoxy groups -OCH3 is 1. The smallest absolute Gasteiger partial charge is 0.329 e. The molecule has 1 atom stereocenters. The van der Waals surface area contributed by atoms with Crippen LogP contribution in [0.1, 0.15) is 50.0 Å². The molecule has 0 aliphatic heterocycles. The predicted molar refractivity (Wildman–Crippen MR) is 151 cm³/mol. The Hall–Kier alpha value is -3.98. The second kappa shape index (κ2) is 12.3. The number of esters is 2. The van der Waals surface area contributed by atoms with Crippen LogP contribution < -0.4 is 4.74 Å². The average Bonchev–Trinajstić information content (AvgIpc) is 2.89. The number of nitrogens with zero attached hydrogens (tertiary/aromatic N) is 1. The monoisotopic (exact) mass is 595 g/mol. The molecule has 0 aliphatic carbocycles. The molecule has 204 valence electrons. The number of rotatable bonds is 10. The van der Waals surface area contributed by atoms with E-state index in [4.69, 9.17) is 14.2 Å². The van der Waals surface area contributed by atoms with E-state index in [0.29, 0.717) is 11.1 Å². The number of allylic oxidation sites excluding steroid dienone is 1. The van der Waals surface area contributed by atoms with Gasteiger partial charge in [-0.25, -0.2) is 0 Å². The maximum atomic E-state index is 14.4. The van der Waals surface area contributed by atoms with Gasteiger partial charge in [0.25, 0.3) is 5.69 Å². The molecular weight excluding hydrogens is 566 g/mol. The first-order valence-corrected chi connectivity index (χ1v) is 12.9. The summed E-state index contributed by atoms with van der Waals surface area (Å²) in [5.74, 6) is -1.84. The van der Waals surface area contributed by atoms with Crippen molar-refractivity contribution in [3.05, 3.63) is 117 Å². The van der Waals surface area contributed by atoms with E-state index < -0.39 is 39.7 Å². The zero-order valence-electron chi connectivity index (χ0n) is 22.2. The maximum Gasteiger partial charge on any atom is 0.329 e. The van der Waals surface area contributed by atoms with Crippen molar-refractivity contribution in [1.29, 1.82) is 0 Å². The van der Waals surface area contributed by atoms with Crippen LogP contribution in [0.3, 0.4) is 0 Å². The van der Waals surface area contributed by atoms with E-state index in [2.05, 4.69) is 22.5 Å². The van der Waals surface area contributed by atoms with Gasteiger partial charge >= 0.3 is 11.9 Å². The third-order valence-corrected chi connectivity index (χ3v) is 6.12. The average molecular weight is 596 g/mol. The molecule has 0 saturated carbocycles. The lowest BCUT2D eigenvalue weighted by molar-refractivity contribution is -0.386. The maximum absolute atomic E-state index is 14.4. The molecule has 0 saturated heterocycles. The molecule has 3 aromatic rings. The minimum Gasteiger partial charge on any atom is -0.497 e. The molecule has 1 unspecified atom stereocenters. The highest BCUT2D eigenvalue weighted by Gasteiger charge is 2.56. The van der Waals surface area contributed by atoms with Crippen molar-refractivity contribution < 1.29 is 28.7 Å². The number of nitro groups is 1. The number of carbonyl (C=O) groups is 2. The van der Waals surface area contributed by atoms with Crippen molar-refractivity contribution in [2.45, 2.75) is 44.3 Å². The van der Waals surface area contributed by atoms with Crippen molar-refractivity contribution in [3.8, 4) is 5.75 Å². The van der Waals surface area contributed by atoms with Crippen LogP contribution in [0, 0.1) is 10.1 Å². The Balaban J connectivity index is 2.32. The van der Waals surface area contributed by atoms with E-state index in [0.717, 1.165) is 0 Å². The third-order valence-electron chi connectivity index (χ3n) is 5.84. The quantitative estimate of drug-likeness (QED) is 0.110. The minimum absolute atomic E-state index is 0.208. The van der Waals surface area contributed by atoms with Crippen LogP contribution in [0.4, 0.5) is 5.69 Å². The van der Waals surface area contributed by atoms with Gasteiger partial charge in [0, 0.05) is 12.5 Å². The lowest BCUT2D eigenvalue weighted by Crippen LogP contribution is -2.49. The van der Waals surface area contributed by atoms with Gasteiger partial charge in [-0.2, -0.15) is 0 Å². The Morgan fingerprint density at radius 1 is 0.949 bits per heavy atom. The first-order valence-electron chi connectivity index (χ1n) is 12.1. The minimum atomic E-state index is -2.30. The molecule has 0 N–H and O–H groups in total. The zero-order chi connectivity index (χ0) is 28.8. The number of halogens is 1. The van der Waals surface area contributed by atoms with E-state index in [1.807, 2.05) is 12.1 Å². The van der Waals surface area contributed by atoms with Crippen LogP contribution in [0.2, 0.25) is 0 Å². The normalized spacial score (nSPS) is 12.8. The van der Waals surface area contributed by atoms with Gasteiger partial charge in [-0.3, -0.25) is 19.7 Å². The number of hydrogen-bond donors (Lipinski definition) is 0.